The topological polar surface area (TPSA) is 92.5 Å². The van der Waals surface area contributed by atoms with Crippen LogP contribution in [0.1, 0.15) is 16.9 Å². The van der Waals surface area contributed by atoms with Gasteiger partial charge in [0.05, 0.1) is 5.75 Å². The van der Waals surface area contributed by atoms with Gasteiger partial charge in [0.15, 0.2) is 5.69 Å². The average Bonchev–Trinajstić information content (AvgIpc) is 3.02. The lowest BCUT2D eigenvalue weighted by molar-refractivity contribution is 0.0690. The van der Waals surface area contributed by atoms with E-state index in [1.165, 1.54) is 18.2 Å². The molecule has 1 fully saturated rings. The lowest BCUT2D eigenvalue weighted by Crippen LogP contribution is -2.27. The van der Waals surface area contributed by atoms with E-state index in [9.17, 15) is 17.6 Å². The molecule has 0 amide bonds. The number of hydrogen-bond acceptors (Lipinski definition) is 4. The molecule has 0 aliphatic carbocycles. The molecule has 0 unspecified atom stereocenters. The Morgan fingerprint density at radius 1 is 1.32 bits per heavy atom. The van der Waals surface area contributed by atoms with Gasteiger partial charge in [-0.25, -0.2) is 22.3 Å². The number of anilines is 1. The molecule has 0 spiro atoms. The van der Waals surface area contributed by atoms with Gasteiger partial charge in [0.25, 0.3) is 0 Å². The van der Waals surface area contributed by atoms with Gasteiger partial charge >= 0.3 is 5.97 Å². The maximum Gasteiger partial charge on any atom is 0.356 e. The first kappa shape index (κ1) is 14.5. The van der Waals surface area contributed by atoms with Crippen molar-refractivity contribution >= 4 is 21.8 Å². The highest BCUT2D eigenvalue weighted by atomic mass is 32.2. The molecule has 3 rings (SSSR count). The summed E-state index contributed by atoms with van der Waals surface area (Å²) in [6, 6.07) is 6.77. The van der Waals surface area contributed by atoms with Crippen LogP contribution in [0.15, 0.2) is 30.3 Å². The van der Waals surface area contributed by atoms with E-state index in [0.717, 1.165) is 15.1 Å². The molecule has 2 aromatic rings. The van der Waals surface area contributed by atoms with Crippen molar-refractivity contribution in [3.8, 4) is 5.69 Å². The Labute approximate surface area is 125 Å². The summed E-state index contributed by atoms with van der Waals surface area (Å²) in [4.78, 5) is 11.1. The molecule has 1 N–H and O–H groups in total. The highest BCUT2D eigenvalue weighted by Crippen LogP contribution is 2.28. The van der Waals surface area contributed by atoms with Gasteiger partial charge in [0, 0.05) is 12.6 Å². The van der Waals surface area contributed by atoms with Gasteiger partial charge in [0.2, 0.25) is 10.0 Å². The summed E-state index contributed by atoms with van der Waals surface area (Å²) in [5.74, 6) is -1.94. The molecule has 2 heterocycles. The van der Waals surface area contributed by atoms with E-state index in [4.69, 9.17) is 5.11 Å². The molecule has 116 valence electrons. The van der Waals surface area contributed by atoms with E-state index in [-0.39, 0.29) is 29.5 Å². The smallest absolute Gasteiger partial charge is 0.356 e. The zero-order chi connectivity index (χ0) is 15.9. The molecule has 1 aromatic heterocycles. The number of aromatic nitrogens is 2. The van der Waals surface area contributed by atoms with Crippen LogP contribution in [0, 0.1) is 5.82 Å². The lowest BCUT2D eigenvalue weighted by atomic mass is 10.3. The Kier molecular flexibility index (Phi) is 3.36. The summed E-state index contributed by atoms with van der Waals surface area (Å²) in [5.41, 5.74) is -0.354. The Morgan fingerprint density at radius 3 is 2.64 bits per heavy atom. The predicted molar refractivity (Wildman–Crippen MR) is 76.2 cm³/mol. The molecular formula is C13H12FN3O4S. The third-order valence-corrected chi connectivity index (χ3v) is 5.19. The fourth-order valence-corrected chi connectivity index (χ4v) is 3.89. The molecule has 0 atom stereocenters. The van der Waals surface area contributed by atoms with Crippen LogP contribution in [0.5, 0.6) is 0 Å². The molecule has 1 saturated heterocycles. The number of aromatic carboxylic acids is 1. The van der Waals surface area contributed by atoms with Crippen LogP contribution >= 0.6 is 0 Å². The highest BCUT2D eigenvalue weighted by molar-refractivity contribution is 7.93. The van der Waals surface area contributed by atoms with Crippen LogP contribution in [-0.4, -0.2) is 41.6 Å². The summed E-state index contributed by atoms with van der Waals surface area (Å²) in [7, 11) is -3.54. The van der Waals surface area contributed by atoms with Gasteiger partial charge in [0.1, 0.15) is 17.3 Å². The second kappa shape index (κ2) is 5.09. The van der Waals surface area contributed by atoms with Crippen molar-refractivity contribution in [3.05, 3.63) is 41.8 Å². The van der Waals surface area contributed by atoms with Crippen LogP contribution in [0.25, 0.3) is 5.69 Å². The van der Waals surface area contributed by atoms with Crippen molar-refractivity contribution in [3.63, 3.8) is 0 Å². The third kappa shape index (κ3) is 2.33. The zero-order valence-corrected chi connectivity index (χ0v) is 12.1. The van der Waals surface area contributed by atoms with E-state index in [2.05, 4.69) is 5.10 Å². The molecule has 0 radical (unpaired) electrons. The summed E-state index contributed by atoms with van der Waals surface area (Å²) in [6.07, 6.45) is 0.424. The Morgan fingerprint density at radius 2 is 2.05 bits per heavy atom. The number of hydrogen-bond donors (Lipinski definition) is 1. The van der Waals surface area contributed by atoms with E-state index < -0.39 is 21.8 Å². The minimum absolute atomic E-state index is 0.00731. The second-order valence-corrected chi connectivity index (χ2v) is 6.81. The zero-order valence-electron chi connectivity index (χ0n) is 11.3. The largest absolute Gasteiger partial charge is 0.476 e. The van der Waals surface area contributed by atoms with Crippen molar-refractivity contribution in [1.82, 2.24) is 9.78 Å². The minimum atomic E-state index is -3.54. The third-order valence-electron chi connectivity index (χ3n) is 3.35. The molecule has 7 nitrogen and oxygen atoms in total. The van der Waals surface area contributed by atoms with Crippen LogP contribution in [-0.2, 0) is 10.0 Å². The van der Waals surface area contributed by atoms with E-state index >= 15 is 0 Å². The first-order valence-electron chi connectivity index (χ1n) is 6.49. The molecule has 1 aliphatic heterocycles. The Bertz CT molecular complexity index is 847. The number of nitrogens with zero attached hydrogens (tertiary/aromatic N) is 3. The molecule has 0 bridgehead atoms. The number of benzene rings is 1. The normalized spacial score (nSPS) is 16.9. The van der Waals surface area contributed by atoms with Crippen LogP contribution in [0.4, 0.5) is 10.2 Å². The standard InChI is InChI=1S/C13H12FN3O4S/c14-9-4-1-2-5-11(9)17-12(8-10(15-17)13(18)19)16-6-3-7-22(16,20)21/h1-2,4-5,8H,3,6-7H2,(H,18,19). The van der Waals surface area contributed by atoms with Crippen molar-refractivity contribution in [2.45, 2.75) is 6.42 Å². The Balaban J connectivity index is 2.21. The first-order valence-corrected chi connectivity index (χ1v) is 8.10. The predicted octanol–water partition coefficient (Wildman–Crippen LogP) is 1.25. The molecule has 9 heteroatoms. The van der Waals surface area contributed by atoms with Crippen molar-refractivity contribution < 1.29 is 22.7 Å². The van der Waals surface area contributed by atoms with Crippen molar-refractivity contribution in [2.24, 2.45) is 0 Å². The molecular weight excluding hydrogens is 313 g/mol. The fraction of sp³-hybridized carbons (Fsp3) is 0.231. The van der Waals surface area contributed by atoms with Crippen molar-refractivity contribution in [1.29, 1.82) is 0 Å². The second-order valence-electron chi connectivity index (χ2n) is 4.80. The fourth-order valence-electron chi connectivity index (χ4n) is 2.35. The van der Waals surface area contributed by atoms with Gasteiger partial charge in [-0.1, -0.05) is 12.1 Å². The van der Waals surface area contributed by atoms with Crippen molar-refractivity contribution in [2.75, 3.05) is 16.6 Å². The maximum atomic E-state index is 14.0. The number of para-hydroxylation sites is 1. The average molecular weight is 325 g/mol. The van der Waals surface area contributed by atoms with Gasteiger partial charge in [-0.05, 0) is 18.6 Å². The molecule has 22 heavy (non-hydrogen) atoms. The quantitative estimate of drug-likeness (QED) is 0.917. The van der Waals surface area contributed by atoms with Gasteiger partial charge < -0.3 is 5.11 Å². The molecule has 1 aliphatic rings. The van der Waals surface area contributed by atoms with Crippen LogP contribution in [0.3, 0.4) is 0 Å². The Hall–Kier alpha value is -2.42. The summed E-state index contributed by atoms with van der Waals surface area (Å²) in [5, 5.41) is 12.9. The van der Waals surface area contributed by atoms with E-state index in [1.54, 1.807) is 6.07 Å². The van der Waals surface area contributed by atoms with Gasteiger partial charge in [-0.3, -0.25) is 4.31 Å². The summed E-state index contributed by atoms with van der Waals surface area (Å²) in [6.45, 7) is 0.210. The highest BCUT2D eigenvalue weighted by Gasteiger charge is 2.32. The van der Waals surface area contributed by atoms with Gasteiger partial charge in [-0.2, -0.15) is 5.10 Å². The number of sulfonamides is 1. The number of carboxylic acid groups (broad SMARTS) is 1. The number of rotatable bonds is 3. The first-order chi connectivity index (χ1) is 10.4. The number of carbonyl (C=O) groups is 1. The van der Waals surface area contributed by atoms with Gasteiger partial charge in [-0.15, -0.1) is 0 Å². The van der Waals surface area contributed by atoms with Crippen LogP contribution < -0.4 is 4.31 Å². The molecule has 0 saturated carbocycles. The summed E-state index contributed by atoms with van der Waals surface area (Å²) >= 11 is 0. The molecule has 1 aromatic carbocycles. The maximum absolute atomic E-state index is 14.0. The van der Waals surface area contributed by atoms with Crippen LogP contribution in [0.2, 0.25) is 0 Å². The van der Waals surface area contributed by atoms with E-state index in [1.807, 2.05) is 0 Å². The monoisotopic (exact) mass is 325 g/mol. The SMILES string of the molecule is O=C(O)c1cc(N2CCCS2(=O)=O)n(-c2ccccc2F)n1. The minimum Gasteiger partial charge on any atom is -0.476 e. The van der Waals surface area contributed by atoms with E-state index in [0.29, 0.717) is 6.42 Å². The number of carboxylic acids is 1. The lowest BCUT2D eigenvalue weighted by Gasteiger charge is -2.18. The summed E-state index contributed by atoms with van der Waals surface area (Å²) < 4.78 is 40.2. The number of halogens is 1.